The van der Waals surface area contributed by atoms with Crippen LogP contribution in [0.15, 0.2) is 0 Å². The van der Waals surface area contributed by atoms with E-state index in [0.717, 1.165) is 25.7 Å². The van der Waals surface area contributed by atoms with Crippen LogP contribution in [-0.4, -0.2) is 12.0 Å². The molecule has 0 aliphatic heterocycles. The van der Waals surface area contributed by atoms with Gasteiger partial charge < -0.3 is 0 Å². The molecule has 0 saturated heterocycles. The molecule has 0 spiro atoms. The highest BCUT2D eigenvalue weighted by Gasteiger charge is 2.42. The highest BCUT2D eigenvalue weighted by molar-refractivity contribution is 5.86. The maximum Gasteiger partial charge on any atom is 0.450 e. The van der Waals surface area contributed by atoms with Gasteiger partial charge in [0.2, 0.25) is 5.78 Å². The molecule has 1 rings (SSSR count). The smallest absolute Gasteiger partial charge is 0.289 e. The molecule has 1 fully saturated rings. The summed E-state index contributed by atoms with van der Waals surface area (Å²) in [5.74, 6) is -2.28. The van der Waals surface area contributed by atoms with E-state index in [1.165, 1.54) is 0 Å². The van der Waals surface area contributed by atoms with Crippen LogP contribution in [0.3, 0.4) is 0 Å². The number of alkyl halides is 3. The van der Waals surface area contributed by atoms with Crippen LogP contribution in [0.25, 0.3) is 0 Å². The third-order valence-corrected chi connectivity index (χ3v) is 2.51. The van der Waals surface area contributed by atoms with Gasteiger partial charge in [-0.2, -0.15) is 13.2 Å². The van der Waals surface area contributed by atoms with Gasteiger partial charge in [0, 0.05) is 5.92 Å². The first-order valence-electron chi connectivity index (χ1n) is 4.63. The molecule has 0 N–H and O–H groups in total. The molecule has 0 aromatic rings. The van der Waals surface area contributed by atoms with Crippen LogP contribution in [0.1, 0.15) is 38.5 Å². The second kappa shape index (κ2) is 4.11. The lowest BCUT2D eigenvalue weighted by Gasteiger charge is -2.14. The topological polar surface area (TPSA) is 17.1 Å². The first-order valence-corrected chi connectivity index (χ1v) is 4.63. The molecule has 0 bridgehead atoms. The molecule has 13 heavy (non-hydrogen) atoms. The van der Waals surface area contributed by atoms with Crippen molar-refractivity contribution in [2.24, 2.45) is 5.92 Å². The summed E-state index contributed by atoms with van der Waals surface area (Å²) in [5, 5.41) is 0. The number of carbonyl (C=O) groups excluding carboxylic acids is 1. The molecule has 1 aliphatic carbocycles. The summed E-state index contributed by atoms with van der Waals surface area (Å²) in [4.78, 5) is 10.8. The Balaban J connectivity index is 2.54. The van der Waals surface area contributed by atoms with E-state index in [0.29, 0.717) is 12.8 Å². The monoisotopic (exact) mass is 194 g/mol. The van der Waals surface area contributed by atoms with E-state index >= 15 is 0 Å². The molecule has 1 aliphatic rings. The number of ketones is 1. The average molecular weight is 194 g/mol. The number of Topliss-reactive ketones (excluding diaryl/α,β-unsaturated/α-hetero) is 1. The summed E-state index contributed by atoms with van der Waals surface area (Å²) in [6, 6.07) is 0. The Labute approximate surface area is 75.3 Å². The Morgan fingerprint density at radius 1 is 1.00 bits per heavy atom. The van der Waals surface area contributed by atoms with E-state index in [9.17, 15) is 18.0 Å². The fourth-order valence-corrected chi connectivity index (χ4v) is 1.77. The minimum Gasteiger partial charge on any atom is -0.289 e. The van der Waals surface area contributed by atoms with Crippen molar-refractivity contribution in [2.75, 3.05) is 0 Å². The lowest BCUT2D eigenvalue weighted by Crippen LogP contribution is -2.30. The van der Waals surface area contributed by atoms with Crippen LogP contribution in [0.2, 0.25) is 0 Å². The standard InChI is InChI=1S/C9H13F3O/c10-9(11,12)8(13)7-5-3-1-2-4-6-7/h7H,1-6H2. The van der Waals surface area contributed by atoms with E-state index in [1.807, 2.05) is 0 Å². The fourth-order valence-electron chi connectivity index (χ4n) is 1.77. The van der Waals surface area contributed by atoms with Gasteiger partial charge in [-0.05, 0) is 12.8 Å². The molecule has 0 aromatic heterocycles. The Hall–Kier alpha value is -0.540. The van der Waals surface area contributed by atoms with Gasteiger partial charge in [-0.1, -0.05) is 25.7 Å². The van der Waals surface area contributed by atoms with E-state index in [-0.39, 0.29) is 0 Å². The molecule has 0 atom stereocenters. The third kappa shape index (κ3) is 3.01. The number of hydrogen-bond donors (Lipinski definition) is 0. The van der Waals surface area contributed by atoms with Crippen molar-refractivity contribution in [3.8, 4) is 0 Å². The fraction of sp³-hybridized carbons (Fsp3) is 0.889. The Kier molecular flexibility index (Phi) is 3.33. The van der Waals surface area contributed by atoms with Gasteiger partial charge in [0.1, 0.15) is 0 Å². The molecule has 0 heterocycles. The summed E-state index contributed by atoms with van der Waals surface area (Å²) >= 11 is 0. The van der Waals surface area contributed by atoms with Crippen molar-refractivity contribution < 1.29 is 18.0 Å². The molecule has 0 radical (unpaired) electrons. The first kappa shape index (κ1) is 10.5. The van der Waals surface area contributed by atoms with Crippen LogP contribution in [-0.2, 0) is 4.79 Å². The molecular weight excluding hydrogens is 181 g/mol. The minimum atomic E-state index is -4.63. The lowest BCUT2D eigenvalue weighted by molar-refractivity contribution is -0.176. The Morgan fingerprint density at radius 2 is 1.46 bits per heavy atom. The van der Waals surface area contributed by atoms with Gasteiger partial charge in [-0.25, -0.2) is 0 Å². The van der Waals surface area contributed by atoms with Crippen LogP contribution in [0, 0.1) is 5.92 Å². The summed E-state index contributed by atoms with van der Waals surface area (Å²) in [6.07, 6.45) is -0.367. The normalized spacial score (nSPS) is 21.2. The van der Waals surface area contributed by atoms with Crippen molar-refractivity contribution in [3.05, 3.63) is 0 Å². The Morgan fingerprint density at radius 3 is 1.85 bits per heavy atom. The molecule has 76 valence electrons. The van der Waals surface area contributed by atoms with E-state index < -0.39 is 17.9 Å². The number of rotatable bonds is 1. The maximum absolute atomic E-state index is 12.0. The van der Waals surface area contributed by atoms with E-state index in [1.54, 1.807) is 0 Å². The molecule has 1 nitrogen and oxygen atoms in total. The lowest BCUT2D eigenvalue weighted by atomic mass is 9.95. The minimum absolute atomic E-state index is 0.415. The number of halogens is 3. The molecule has 0 aromatic carbocycles. The maximum atomic E-state index is 12.0. The van der Waals surface area contributed by atoms with Gasteiger partial charge in [0.05, 0.1) is 0 Å². The molecule has 0 amide bonds. The SMILES string of the molecule is O=C(C1CCCCCC1)C(F)(F)F. The van der Waals surface area contributed by atoms with Crippen LogP contribution >= 0.6 is 0 Å². The van der Waals surface area contributed by atoms with Crippen molar-refractivity contribution in [2.45, 2.75) is 44.7 Å². The van der Waals surface area contributed by atoms with E-state index in [4.69, 9.17) is 0 Å². The Bertz CT molecular complexity index is 178. The second-order valence-corrected chi connectivity index (χ2v) is 3.55. The number of carbonyl (C=O) groups is 1. The summed E-state index contributed by atoms with van der Waals surface area (Å²) in [6.45, 7) is 0. The molecular formula is C9H13F3O. The largest absolute Gasteiger partial charge is 0.450 e. The zero-order valence-corrected chi connectivity index (χ0v) is 7.36. The first-order chi connectivity index (χ1) is 6.02. The predicted octanol–water partition coefficient (Wildman–Crippen LogP) is 3.09. The average Bonchev–Trinajstić information content (AvgIpc) is 2.28. The van der Waals surface area contributed by atoms with Gasteiger partial charge in [0.25, 0.3) is 0 Å². The molecule has 4 heteroatoms. The predicted molar refractivity (Wildman–Crippen MR) is 42.3 cm³/mol. The quantitative estimate of drug-likeness (QED) is 0.586. The summed E-state index contributed by atoms with van der Waals surface area (Å²) in [5.41, 5.74) is 0. The van der Waals surface area contributed by atoms with Crippen molar-refractivity contribution >= 4 is 5.78 Å². The molecule has 0 unspecified atom stereocenters. The van der Waals surface area contributed by atoms with Gasteiger partial charge in [0.15, 0.2) is 0 Å². The van der Waals surface area contributed by atoms with Crippen LogP contribution < -0.4 is 0 Å². The summed E-state index contributed by atoms with van der Waals surface area (Å²) < 4.78 is 36.1. The third-order valence-electron chi connectivity index (χ3n) is 2.51. The van der Waals surface area contributed by atoms with E-state index in [2.05, 4.69) is 0 Å². The zero-order valence-electron chi connectivity index (χ0n) is 7.36. The van der Waals surface area contributed by atoms with Crippen molar-refractivity contribution in [1.82, 2.24) is 0 Å². The zero-order chi connectivity index (χ0) is 9.90. The van der Waals surface area contributed by atoms with Gasteiger partial charge >= 0.3 is 6.18 Å². The highest BCUT2D eigenvalue weighted by Crippen LogP contribution is 2.30. The van der Waals surface area contributed by atoms with Gasteiger partial charge in [-0.3, -0.25) is 4.79 Å². The number of hydrogen-bond acceptors (Lipinski definition) is 1. The second-order valence-electron chi connectivity index (χ2n) is 3.55. The highest BCUT2D eigenvalue weighted by atomic mass is 19.4. The molecule has 1 saturated carbocycles. The van der Waals surface area contributed by atoms with Crippen molar-refractivity contribution in [3.63, 3.8) is 0 Å². The van der Waals surface area contributed by atoms with Crippen LogP contribution in [0.5, 0.6) is 0 Å². The van der Waals surface area contributed by atoms with Gasteiger partial charge in [-0.15, -0.1) is 0 Å². The summed E-state index contributed by atoms with van der Waals surface area (Å²) in [7, 11) is 0. The van der Waals surface area contributed by atoms with Crippen molar-refractivity contribution in [1.29, 1.82) is 0 Å². The van der Waals surface area contributed by atoms with Crippen LogP contribution in [0.4, 0.5) is 13.2 Å².